The van der Waals surface area contributed by atoms with E-state index in [1.807, 2.05) is 0 Å². The van der Waals surface area contributed by atoms with Gasteiger partial charge in [-0.15, -0.1) is 0 Å². The molecular weight excluding hydrogens is 361 g/mol. The highest BCUT2D eigenvalue weighted by Crippen LogP contribution is 2.39. The Kier molecular flexibility index (Phi) is 3.97. The van der Waals surface area contributed by atoms with E-state index in [0.717, 1.165) is 18.9 Å². The fraction of sp³-hybridized carbons (Fsp3) is 0.533. The molecule has 120 valence electrons. The molecule has 3 nitrogen and oxygen atoms in total. The van der Waals surface area contributed by atoms with Crippen LogP contribution < -0.4 is 5.73 Å². The molecule has 22 heavy (non-hydrogen) atoms. The van der Waals surface area contributed by atoms with Crippen molar-refractivity contribution in [3.8, 4) is 0 Å². The van der Waals surface area contributed by atoms with Gasteiger partial charge >= 0.3 is 6.18 Å². The SMILES string of the molecule is NC1CCC2CN(C(=O)c3ccc(Br)c(C(F)(F)F)c3)CC12. The summed E-state index contributed by atoms with van der Waals surface area (Å²) in [5.41, 5.74) is 5.28. The Morgan fingerprint density at radius 1 is 1.27 bits per heavy atom. The maximum absolute atomic E-state index is 12.9. The monoisotopic (exact) mass is 376 g/mol. The average molecular weight is 377 g/mol. The van der Waals surface area contributed by atoms with Gasteiger partial charge in [-0.1, -0.05) is 15.9 Å². The van der Waals surface area contributed by atoms with Crippen LogP contribution in [-0.2, 0) is 6.18 Å². The minimum atomic E-state index is -4.49. The lowest BCUT2D eigenvalue weighted by atomic mass is 9.98. The van der Waals surface area contributed by atoms with Crippen molar-refractivity contribution in [1.82, 2.24) is 4.90 Å². The molecule has 0 bridgehead atoms. The lowest BCUT2D eigenvalue weighted by Crippen LogP contribution is -2.33. The largest absolute Gasteiger partial charge is 0.417 e. The number of carbonyl (C=O) groups excluding carboxylic acids is 1. The summed E-state index contributed by atoms with van der Waals surface area (Å²) in [5, 5.41) is 0. The van der Waals surface area contributed by atoms with Gasteiger partial charge in [-0.2, -0.15) is 13.2 Å². The van der Waals surface area contributed by atoms with Gasteiger partial charge in [0.2, 0.25) is 0 Å². The van der Waals surface area contributed by atoms with Crippen LogP contribution in [0.1, 0.15) is 28.8 Å². The summed E-state index contributed by atoms with van der Waals surface area (Å²) in [7, 11) is 0. The number of nitrogens with zero attached hydrogens (tertiary/aromatic N) is 1. The predicted molar refractivity (Wildman–Crippen MR) is 79.2 cm³/mol. The molecule has 1 aromatic carbocycles. The van der Waals surface area contributed by atoms with Crippen molar-refractivity contribution in [2.45, 2.75) is 25.1 Å². The zero-order valence-corrected chi connectivity index (χ0v) is 13.3. The number of likely N-dealkylation sites (tertiary alicyclic amines) is 1. The van der Waals surface area contributed by atoms with Crippen molar-refractivity contribution in [2.75, 3.05) is 13.1 Å². The van der Waals surface area contributed by atoms with Crippen LogP contribution in [0.5, 0.6) is 0 Å². The summed E-state index contributed by atoms with van der Waals surface area (Å²) in [6.45, 7) is 1.14. The van der Waals surface area contributed by atoms with Crippen molar-refractivity contribution < 1.29 is 18.0 Å². The number of carbonyl (C=O) groups is 1. The topological polar surface area (TPSA) is 46.3 Å². The standard InChI is InChI=1S/C15H16BrF3N2O/c16-12-3-1-8(5-11(12)15(17,18)19)14(22)21-6-9-2-4-13(20)10(9)7-21/h1,3,5,9-10,13H,2,4,6-7,20H2. The van der Waals surface area contributed by atoms with Crippen LogP contribution >= 0.6 is 15.9 Å². The third kappa shape index (κ3) is 2.76. The van der Waals surface area contributed by atoms with E-state index in [0.29, 0.717) is 19.0 Å². The van der Waals surface area contributed by atoms with E-state index in [4.69, 9.17) is 5.73 Å². The third-order valence-electron chi connectivity index (χ3n) is 4.72. The summed E-state index contributed by atoms with van der Waals surface area (Å²) in [5.74, 6) is 0.317. The van der Waals surface area contributed by atoms with E-state index in [1.165, 1.54) is 12.1 Å². The molecule has 0 spiro atoms. The molecule has 1 aliphatic carbocycles. The van der Waals surface area contributed by atoms with Crippen molar-refractivity contribution in [3.05, 3.63) is 33.8 Å². The Morgan fingerprint density at radius 3 is 2.64 bits per heavy atom. The molecule has 1 saturated heterocycles. The van der Waals surface area contributed by atoms with E-state index in [1.54, 1.807) is 4.90 Å². The highest BCUT2D eigenvalue weighted by Gasteiger charge is 2.43. The van der Waals surface area contributed by atoms with Crippen LogP contribution in [0.4, 0.5) is 13.2 Å². The quantitative estimate of drug-likeness (QED) is 0.817. The summed E-state index contributed by atoms with van der Waals surface area (Å²) in [4.78, 5) is 14.1. The van der Waals surface area contributed by atoms with Gasteiger partial charge in [0.1, 0.15) is 0 Å². The lowest BCUT2D eigenvalue weighted by molar-refractivity contribution is -0.138. The van der Waals surface area contributed by atoms with E-state index in [-0.39, 0.29) is 27.9 Å². The summed E-state index contributed by atoms with van der Waals surface area (Å²) in [6, 6.07) is 3.72. The van der Waals surface area contributed by atoms with E-state index < -0.39 is 11.7 Å². The smallest absolute Gasteiger partial charge is 0.338 e. The van der Waals surface area contributed by atoms with Crippen molar-refractivity contribution in [3.63, 3.8) is 0 Å². The first-order valence-electron chi connectivity index (χ1n) is 7.19. The first kappa shape index (κ1) is 15.8. The lowest BCUT2D eigenvalue weighted by Gasteiger charge is -2.19. The highest BCUT2D eigenvalue weighted by molar-refractivity contribution is 9.10. The van der Waals surface area contributed by atoms with Gasteiger partial charge < -0.3 is 10.6 Å². The first-order chi connectivity index (χ1) is 10.3. The Morgan fingerprint density at radius 2 is 2.00 bits per heavy atom. The molecular formula is C15H16BrF3N2O. The molecule has 3 rings (SSSR count). The van der Waals surface area contributed by atoms with Gasteiger partial charge in [0.05, 0.1) is 5.56 Å². The number of nitrogens with two attached hydrogens (primary N) is 1. The number of amides is 1. The maximum Gasteiger partial charge on any atom is 0.417 e. The van der Waals surface area contributed by atoms with Gasteiger partial charge in [-0.05, 0) is 42.9 Å². The van der Waals surface area contributed by atoms with Crippen LogP contribution in [0.15, 0.2) is 22.7 Å². The van der Waals surface area contributed by atoms with E-state index in [9.17, 15) is 18.0 Å². The molecule has 1 heterocycles. The number of hydrogen-bond acceptors (Lipinski definition) is 2. The minimum Gasteiger partial charge on any atom is -0.338 e. The van der Waals surface area contributed by atoms with Crippen molar-refractivity contribution in [2.24, 2.45) is 17.6 Å². The molecule has 0 aromatic heterocycles. The Bertz CT molecular complexity index is 605. The summed E-state index contributed by atoms with van der Waals surface area (Å²) < 4.78 is 38.8. The summed E-state index contributed by atoms with van der Waals surface area (Å²) >= 11 is 2.88. The maximum atomic E-state index is 12.9. The van der Waals surface area contributed by atoms with Crippen molar-refractivity contribution >= 4 is 21.8 Å². The normalized spacial score (nSPS) is 28.0. The Hall–Kier alpha value is -1.08. The number of hydrogen-bond donors (Lipinski definition) is 1. The van der Waals surface area contributed by atoms with Crippen LogP contribution in [0.3, 0.4) is 0 Å². The summed E-state index contributed by atoms with van der Waals surface area (Å²) in [6.07, 6.45) is -2.53. The van der Waals surface area contributed by atoms with E-state index in [2.05, 4.69) is 15.9 Å². The molecule has 1 amide bonds. The minimum absolute atomic E-state index is 0.0585. The fourth-order valence-corrected chi connectivity index (χ4v) is 4.00. The van der Waals surface area contributed by atoms with E-state index >= 15 is 0 Å². The number of alkyl halides is 3. The first-order valence-corrected chi connectivity index (χ1v) is 7.98. The third-order valence-corrected chi connectivity index (χ3v) is 5.41. The van der Waals surface area contributed by atoms with Crippen LogP contribution in [0.2, 0.25) is 0 Å². The molecule has 0 radical (unpaired) electrons. The number of rotatable bonds is 1. The Labute approximate surface area is 134 Å². The Balaban J connectivity index is 1.82. The van der Waals surface area contributed by atoms with Crippen molar-refractivity contribution in [1.29, 1.82) is 0 Å². The van der Waals surface area contributed by atoms with Gasteiger partial charge in [0, 0.05) is 29.2 Å². The number of fused-ring (bicyclic) bond motifs is 1. The average Bonchev–Trinajstić information content (AvgIpc) is 3.00. The number of benzene rings is 1. The molecule has 2 N–H and O–H groups in total. The second kappa shape index (κ2) is 5.53. The molecule has 1 aromatic rings. The van der Waals surface area contributed by atoms with Crippen LogP contribution in [0.25, 0.3) is 0 Å². The molecule has 2 aliphatic rings. The number of halogens is 4. The molecule has 2 fully saturated rings. The highest BCUT2D eigenvalue weighted by atomic mass is 79.9. The second-order valence-corrected chi connectivity index (χ2v) is 6.92. The molecule has 3 unspecified atom stereocenters. The zero-order valence-electron chi connectivity index (χ0n) is 11.7. The van der Waals surface area contributed by atoms with Crippen LogP contribution in [-0.4, -0.2) is 29.9 Å². The van der Waals surface area contributed by atoms with Gasteiger partial charge in [-0.25, -0.2) is 0 Å². The molecule has 1 aliphatic heterocycles. The zero-order chi connectivity index (χ0) is 16.1. The van der Waals surface area contributed by atoms with Crippen LogP contribution in [0, 0.1) is 11.8 Å². The van der Waals surface area contributed by atoms with Gasteiger partial charge in [-0.3, -0.25) is 4.79 Å². The fourth-order valence-electron chi connectivity index (χ4n) is 3.53. The molecule has 7 heteroatoms. The van der Waals surface area contributed by atoms with Gasteiger partial charge in [0.25, 0.3) is 5.91 Å². The molecule has 1 saturated carbocycles. The van der Waals surface area contributed by atoms with Gasteiger partial charge in [0.15, 0.2) is 0 Å². The molecule has 3 atom stereocenters. The predicted octanol–water partition coefficient (Wildman–Crippen LogP) is 3.28. The second-order valence-electron chi connectivity index (χ2n) is 6.07.